The van der Waals surface area contributed by atoms with Crippen molar-refractivity contribution in [1.29, 1.82) is 0 Å². The maximum Gasteiger partial charge on any atom is 0.164 e. The molecule has 1 N–H and O–H groups in total. The lowest BCUT2D eigenvalue weighted by atomic mass is 9.79. The molecule has 1 heterocycles. The highest BCUT2D eigenvalue weighted by Gasteiger charge is 2.29. The van der Waals surface area contributed by atoms with Crippen LogP contribution in [0.3, 0.4) is 0 Å². The minimum atomic E-state index is 0.274. The summed E-state index contributed by atoms with van der Waals surface area (Å²) < 4.78 is 0. The molecule has 0 bridgehead atoms. The molecule has 3 unspecified atom stereocenters. The van der Waals surface area contributed by atoms with Gasteiger partial charge in [0.2, 0.25) is 0 Å². The first-order chi connectivity index (χ1) is 13.2. The predicted molar refractivity (Wildman–Crippen MR) is 113 cm³/mol. The van der Waals surface area contributed by atoms with Crippen LogP contribution in [0.5, 0.6) is 0 Å². The molecular weight excluding hydrogens is 330 g/mol. The first-order valence-electron chi connectivity index (χ1n) is 10.6. The number of benzene rings is 2. The minimum Gasteiger partial charge on any atom is -0.313 e. The smallest absolute Gasteiger partial charge is 0.164 e. The van der Waals surface area contributed by atoms with Gasteiger partial charge in [0.05, 0.1) is 0 Å². The fourth-order valence-electron chi connectivity index (χ4n) is 4.27. The Morgan fingerprint density at radius 2 is 1.59 bits per heavy atom. The molecule has 2 aromatic rings. The van der Waals surface area contributed by atoms with Crippen LogP contribution in [-0.2, 0) is 12.8 Å². The summed E-state index contributed by atoms with van der Waals surface area (Å²) in [5, 5.41) is 3.65. The molecule has 3 rings (SSSR count). The first kappa shape index (κ1) is 19.8. The average Bonchev–Trinajstić information content (AvgIpc) is 2.73. The number of ketones is 1. The molecule has 0 aliphatic carbocycles. The van der Waals surface area contributed by atoms with Crippen molar-refractivity contribution in [3.05, 3.63) is 71.3 Å². The van der Waals surface area contributed by atoms with E-state index in [1.165, 1.54) is 24.0 Å². The third-order valence-electron chi connectivity index (χ3n) is 6.20. The van der Waals surface area contributed by atoms with Crippen molar-refractivity contribution in [3.8, 4) is 0 Å². The standard InChI is InChI=1S/C25H33NO/c1-3-19-16-22(4-2)24(26-18-19)17-25(27)23-14-12-21(13-15-23)11-10-20-8-6-5-7-9-20/h5-9,12-15,19,22,24,26H,3-4,10-11,16-18H2,1-2H3. The van der Waals surface area contributed by atoms with E-state index in [-0.39, 0.29) is 5.78 Å². The summed E-state index contributed by atoms with van der Waals surface area (Å²) in [4.78, 5) is 12.8. The predicted octanol–water partition coefficient (Wildman–Crippen LogP) is 5.46. The highest BCUT2D eigenvalue weighted by Crippen LogP contribution is 2.28. The second-order valence-corrected chi connectivity index (χ2v) is 8.00. The van der Waals surface area contributed by atoms with Crippen molar-refractivity contribution in [3.63, 3.8) is 0 Å². The van der Waals surface area contributed by atoms with Gasteiger partial charge in [-0.25, -0.2) is 0 Å². The molecule has 0 spiro atoms. The Kier molecular flexibility index (Phi) is 7.23. The van der Waals surface area contributed by atoms with Crippen LogP contribution in [0, 0.1) is 11.8 Å². The molecule has 0 saturated carbocycles. The number of nitrogens with one attached hydrogen (secondary N) is 1. The zero-order valence-corrected chi connectivity index (χ0v) is 16.8. The summed E-state index contributed by atoms with van der Waals surface area (Å²) >= 11 is 0. The maximum atomic E-state index is 12.8. The van der Waals surface area contributed by atoms with Gasteiger partial charge in [-0.05, 0) is 48.8 Å². The molecule has 0 radical (unpaired) electrons. The van der Waals surface area contributed by atoms with E-state index in [2.05, 4.69) is 61.6 Å². The van der Waals surface area contributed by atoms with Gasteiger partial charge in [0, 0.05) is 18.0 Å². The number of hydrogen-bond donors (Lipinski definition) is 1. The van der Waals surface area contributed by atoms with E-state index < -0.39 is 0 Å². The van der Waals surface area contributed by atoms with Crippen LogP contribution in [0.4, 0.5) is 0 Å². The lowest BCUT2D eigenvalue weighted by molar-refractivity contribution is 0.0932. The zero-order chi connectivity index (χ0) is 19.1. The molecule has 0 amide bonds. The number of Topliss-reactive ketones (excluding diaryl/α,β-unsaturated/α-hetero) is 1. The second kappa shape index (κ2) is 9.85. The summed E-state index contributed by atoms with van der Waals surface area (Å²) in [7, 11) is 0. The van der Waals surface area contributed by atoms with Gasteiger partial charge in [-0.3, -0.25) is 4.79 Å². The van der Waals surface area contributed by atoms with Gasteiger partial charge >= 0.3 is 0 Å². The SMILES string of the molecule is CCC1CNC(CC(=O)c2ccc(CCc3ccccc3)cc2)C(CC)C1. The van der Waals surface area contributed by atoms with Gasteiger partial charge in [0.15, 0.2) is 5.78 Å². The van der Waals surface area contributed by atoms with Crippen molar-refractivity contribution >= 4 is 5.78 Å². The highest BCUT2D eigenvalue weighted by molar-refractivity contribution is 5.96. The lowest BCUT2D eigenvalue weighted by Gasteiger charge is -2.36. The van der Waals surface area contributed by atoms with Crippen molar-refractivity contribution in [2.75, 3.05) is 6.54 Å². The van der Waals surface area contributed by atoms with Crippen LogP contribution >= 0.6 is 0 Å². The van der Waals surface area contributed by atoms with Crippen LogP contribution in [0.2, 0.25) is 0 Å². The summed E-state index contributed by atoms with van der Waals surface area (Å²) in [5.74, 6) is 1.67. The van der Waals surface area contributed by atoms with E-state index in [0.717, 1.165) is 37.3 Å². The van der Waals surface area contributed by atoms with Gasteiger partial charge in [0.1, 0.15) is 0 Å². The summed E-state index contributed by atoms with van der Waals surface area (Å²) in [5.41, 5.74) is 3.51. The van der Waals surface area contributed by atoms with Crippen molar-refractivity contribution in [2.24, 2.45) is 11.8 Å². The Morgan fingerprint density at radius 1 is 0.926 bits per heavy atom. The van der Waals surface area contributed by atoms with Gasteiger partial charge < -0.3 is 5.32 Å². The Morgan fingerprint density at radius 3 is 2.22 bits per heavy atom. The van der Waals surface area contributed by atoms with E-state index in [9.17, 15) is 4.79 Å². The molecular formula is C25H33NO. The quantitative estimate of drug-likeness (QED) is 0.631. The van der Waals surface area contributed by atoms with E-state index >= 15 is 0 Å². The Labute approximate surface area is 164 Å². The first-order valence-corrected chi connectivity index (χ1v) is 10.6. The third kappa shape index (κ3) is 5.52. The van der Waals surface area contributed by atoms with E-state index in [0.29, 0.717) is 18.4 Å². The maximum absolute atomic E-state index is 12.8. The van der Waals surface area contributed by atoms with Crippen LogP contribution in [0.15, 0.2) is 54.6 Å². The molecule has 1 aliphatic rings. The largest absolute Gasteiger partial charge is 0.313 e. The molecule has 2 aromatic carbocycles. The second-order valence-electron chi connectivity index (χ2n) is 8.00. The molecule has 144 valence electrons. The number of piperidine rings is 1. The lowest BCUT2D eigenvalue weighted by Crippen LogP contribution is -2.46. The van der Waals surface area contributed by atoms with Crippen molar-refractivity contribution < 1.29 is 4.79 Å². The summed E-state index contributed by atoms with van der Waals surface area (Å²) in [6, 6.07) is 19.2. The Balaban J connectivity index is 1.54. The van der Waals surface area contributed by atoms with Crippen LogP contribution < -0.4 is 5.32 Å². The van der Waals surface area contributed by atoms with Gasteiger partial charge in [-0.1, -0.05) is 81.3 Å². The minimum absolute atomic E-state index is 0.274. The number of carbonyl (C=O) groups is 1. The van der Waals surface area contributed by atoms with E-state index in [4.69, 9.17) is 0 Å². The zero-order valence-electron chi connectivity index (χ0n) is 16.8. The number of carbonyl (C=O) groups excluding carboxylic acids is 1. The molecule has 1 aliphatic heterocycles. The molecule has 1 saturated heterocycles. The molecule has 0 aromatic heterocycles. The number of rotatable bonds is 8. The fraction of sp³-hybridized carbons (Fsp3) is 0.480. The third-order valence-corrected chi connectivity index (χ3v) is 6.20. The Bertz CT molecular complexity index is 707. The summed E-state index contributed by atoms with van der Waals surface area (Å²) in [6.07, 6.45) is 6.32. The van der Waals surface area contributed by atoms with Crippen molar-refractivity contribution in [2.45, 2.75) is 58.4 Å². The topological polar surface area (TPSA) is 29.1 Å². The molecule has 27 heavy (non-hydrogen) atoms. The van der Waals surface area contributed by atoms with Crippen LogP contribution in [0.25, 0.3) is 0 Å². The normalized spacial score (nSPS) is 22.5. The Hall–Kier alpha value is -1.93. The monoisotopic (exact) mass is 363 g/mol. The fourth-order valence-corrected chi connectivity index (χ4v) is 4.27. The summed E-state index contributed by atoms with van der Waals surface area (Å²) in [6.45, 7) is 5.58. The molecule has 2 nitrogen and oxygen atoms in total. The van der Waals surface area contributed by atoms with Crippen molar-refractivity contribution in [1.82, 2.24) is 5.32 Å². The van der Waals surface area contributed by atoms with Gasteiger partial charge in [0.25, 0.3) is 0 Å². The van der Waals surface area contributed by atoms with Crippen LogP contribution in [-0.4, -0.2) is 18.4 Å². The number of aryl methyl sites for hydroxylation is 2. The van der Waals surface area contributed by atoms with E-state index in [1.807, 2.05) is 12.1 Å². The molecule has 3 atom stereocenters. The number of hydrogen-bond acceptors (Lipinski definition) is 2. The van der Waals surface area contributed by atoms with E-state index in [1.54, 1.807) is 0 Å². The molecule has 1 fully saturated rings. The van der Waals surface area contributed by atoms with Gasteiger partial charge in [-0.2, -0.15) is 0 Å². The average molecular weight is 364 g/mol. The molecule has 2 heteroatoms. The van der Waals surface area contributed by atoms with Crippen LogP contribution in [0.1, 0.15) is 61.0 Å². The highest BCUT2D eigenvalue weighted by atomic mass is 16.1. The van der Waals surface area contributed by atoms with Gasteiger partial charge in [-0.15, -0.1) is 0 Å².